The number of halogens is 6. The van der Waals surface area contributed by atoms with Crippen LogP contribution in [0.1, 0.15) is 6.42 Å². The molecule has 0 aliphatic rings. The van der Waals surface area contributed by atoms with Gasteiger partial charge in [0.25, 0.3) is 6.17 Å². The Morgan fingerprint density at radius 1 is 1.07 bits per heavy atom. The molecule has 0 amide bonds. The van der Waals surface area contributed by atoms with Crippen molar-refractivity contribution >= 4 is 0 Å². The van der Waals surface area contributed by atoms with Crippen LogP contribution in [0.3, 0.4) is 0 Å². The molecule has 0 aromatic rings. The van der Waals surface area contributed by atoms with Gasteiger partial charge in [-0.2, -0.15) is 13.2 Å². The normalized spacial score (nSPS) is 18.0. The van der Waals surface area contributed by atoms with Gasteiger partial charge in [-0.3, -0.25) is 0 Å². The van der Waals surface area contributed by atoms with E-state index >= 15 is 0 Å². The Balaban J connectivity index is 4.59. The number of rotatable bonds is 4. The Kier molecular flexibility index (Phi) is 4.19. The monoisotopic (exact) mass is 226 g/mol. The molecule has 14 heavy (non-hydrogen) atoms. The molecule has 0 saturated heterocycles. The van der Waals surface area contributed by atoms with Gasteiger partial charge in [0.15, 0.2) is 0 Å². The molecule has 86 valence electrons. The van der Waals surface area contributed by atoms with Crippen LogP contribution in [0.4, 0.5) is 26.3 Å². The topological polar surface area (TPSA) is 40.5 Å². The van der Waals surface area contributed by atoms with Crippen molar-refractivity contribution in [1.82, 2.24) is 0 Å². The Morgan fingerprint density at radius 3 is 1.79 bits per heavy atom. The summed E-state index contributed by atoms with van der Waals surface area (Å²) in [6, 6.07) is 0. The van der Waals surface area contributed by atoms with Crippen molar-refractivity contribution in [3.8, 4) is 0 Å². The molecular weight excluding hydrogens is 218 g/mol. The van der Waals surface area contributed by atoms with Crippen molar-refractivity contribution in [2.45, 2.75) is 30.8 Å². The van der Waals surface area contributed by atoms with Crippen molar-refractivity contribution < 1.29 is 36.6 Å². The van der Waals surface area contributed by atoms with Gasteiger partial charge in [-0.25, -0.2) is 13.2 Å². The van der Waals surface area contributed by atoms with Crippen LogP contribution < -0.4 is 0 Å². The molecule has 0 aromatic carbocycles. The summed E-state index contributed by atoms with van der Waals surface area (Å²) in [6.45, 7) is -0.957. The second kappa shape index (κ2) is 4.35. The maximum Gasteiger partial charge on any atom is 0.425 e. The van der Waals surface area contributed by atoms with Crippen LogP contribution >= 0.6 is 0 Å². The lowest BCUT2D eigenvalue weighted by molar-refractivity contribution is -0.268. The van der Waals surface area contributed by atoms with E-state index in [1.807, 2.05) is 0 Å². The van der Waals surface area contributed by atoms with Gasteiger partial charge in [-0.1, -0.05) is 0 Å². The zero-order valence-corrected chi connectivity index (χ0v) is 6.73. The van der Waals surface area contributed by atoms with Crippen LogP contribution in [0.15, 0.2) is 0 Å². The van der Waals surface area contributed by atoms with E-state index in [2.05, 4.69) is 0 Å². The van der Waals surface area contributed by atoms with Crippen LogP contribution in [0.5, 0.6) is 0 Å². The van der Waals surface area contributed by atoms with Crippen LogP contribution in [0, 0.1) is 0 Å². The Labute approximate surface area is 75.1 Å². The molecule has 0 rings (SSSR count). The van der Waals surface area contributed by atoms with Crippen LogP contribution in [0.2, 0.25) is 0 Å². The third-order valence-electron chi connectivity index (χ3n) is 1.47. The SMILES string of the molecule is OCCC(O)C(F)(F)C(F)C(F)(F)F. The molecule has 0 saturated carbocycles. The van der Waals surface area contributed by atoms with E-state index in [-0.39, 0.29) is 0 Å². The number of aliphatic hydroxyl groups excluding tert-OH is 2. The van der Waals surface area contributed by atoms with E-state index in [0.29, 0.717) is 0 Å². The smallest absolute Gasteiger partial charge is 0.396 e. The molecule has 8 heteroatoms. The van der Waals surface area contributed by atoms with Crippen LogP contribution in [0.25, 0.3) is 0 Å². The maximum atomic E-state index is 12.4. The zero-order valence-electron chi connectivity index (χ0n) is 6.73. The summed E-state index contributed by atoms with van der Waals surface area (Å²) in [7, 11) is 0. The van der Waals surface area contributed by atoms with Crippen molar-refractivity contribution in [2.24, 2.45) is 0 Å². The second-order valence-corrected chi connectivity index (χ2v) is 2.61. The molecule has 0 heterocycles. The highest BCUT2D eigenvalue weighted by Crippen LogP contribution is 2.37. The summed E-state index contributed by atoms with van der Waals surface area (Å²) in [6.07, 6.45) is -14.1. The zero-order chi connectivity index (χ0) is 11.6. The molecule has 0 radical (unpaired) electrons. The van der Waals surface area contributed by atoms with Crippen molar-refractivity contribution in [2.75, 3.05) is 6.61 Å². The first-order valence-corrected chi connectivity index (χ1v) is 3.51. The number of hydrogen-bond donors (Lipinski definition) is 2. The molecule has 2 nitrogen and oxygen atoms in total. The van der Waals surface area contributed by atoms with E-state index in [0.717, 1.165) is 0 Å². The van der Waals surface area contributed by atoms with E-state index < -0.39 is 37.4 Å². The summed E-state index contributed by atoms with van der Waals surface area (Å²) >= 11 is 0. The van der Waals surface area contributed by atoms with Gasteiger partial charge in [-0.15, -0.1) is 0 Å². The van der Waals surface area contributed by atoms with Crippen molar-refractivity contribution in [3.05, 3.63) is 0 Å². The van der Waals surface area contributed by atoms with E-state index in [1.165, 1.54) is 0 Å². The minimum Gasteiger partial charge on any atom is -0.396 e. The van der Waals surface area contributed by atoms with Crippen molar-refractivity contribution in [3.63, 3.8) is 0 Å². The summed E-state index contributed by atoms with van der Waals surface area (Å²) in [5, 5.41) is 16.5. The highest BCUT2D eigenvalue weighted by Gasteiger charge is 2.60. The first-order valence-electron chi connectivity index (χ1n) is 3.51. The Bertz CT molecular complexity index is 180. The van der Waals surface area contributed by atoms with Gasteiger partial charge in [-0.05, 0) is 0 Å². The minimum absolute atomic E-state index is 0.957. The first-order chi connectivity index (χ1) is 6.14. The predicted molar refractivity (Wildman–Crippen MR) is 33.6 cm³/mol. The van der Waals surface area contributed by atoms with Gasteiger partial charge in [0.1, 0.15) is 6.10 Å². The molecule has 0 aliphatic carbocycles. The van der Waals surface area contributed by atoms with Crippen LogP contribution in [-0.4, -0.2) is 41.2 Å². The Morgan fingerprint density at radius 2 is 1.50 bits per heavy atom. The van der Waals surface area contributed by atoms with Crippen LogP contribution in [-0.2, 0) is 0 Å². The van der Waals surface area contributed by atoms with Gasteiger partial charge in [0, 0.05) is 13.0 Å². The molecule has 0 aliphatic heterocycles. The predicted octanol–water partition coefficient (Wildman–Crippen LogP) is 1.27. The molecule has 2 N–H and O–H groups in total. The lowest BCUT2D eigenvalue weighted by Crippen LogP contribution is -2.49. The van der Waals surface area contributed by atoms with Gasteiger partial charge < -0.3 is 10.2 Å². The fourth-order valence-corrected chi connectivity index (χ4v) is 0.702. The number of aliphatic hydroxyl groups is 2. The number of alkyl halides is 6. The lowest BCUT2D eigenvalue weighted by Gasteiger charge is -2.26. The quantitative estimate of drug-likeness (QED) is 0.708. The summed E-state index contributed by atoms with van der Waals surface area (Å²) in [4.78, 5) is 0. The fraction of sp³-hybridized carbons (Fsp3) is 1.00. The lowest BCUT2D eigenvalue weighted by atomic mass is 10.1. The fourth-order valence-electron chi connectivity index (χ4n) is 0.702. The summed E-state index contributed by atoms with van der Waals surface area (Å²) in [5.74, 6) is -4.94. The van der Waals surface area contributed by atoms with Crippen molar-refractivity contribution in [1.29, 1.82) is 0 Å². The van der Waals surface area contributed by atoms with Gasteiger partial charge in [0.2, 0.25) is 0 Å². The summed E-state index contributed by atoms with van der Waals surface area (Å²) in [5.41, 5.74) is 0. The van der Waals surface area contributed by atoms with Gasteiger partial charge >= 0.3 is 12.1 Å². The molecule has 2 atom stereocenters. The minimum atomic E-state index is -5.74. The van der Waals surface area contributed by atoms with E-state index in [1.54, 1.807) is 0 Å². The second-order valence-electron chi connectivity index (χ2n) is 2.61. The maximum absolute atomic E-state index is 12.4. The average Bonchev–Trinajstić information content (AvgIpc) is 2.01. The average molecular weight is 226 g/mol. The highest BCUT2D eigenvalue weighted by molar-refractivity contribution is 4.88. The molecule has 0 spiro atoms. The molecule has 0 bridgehead atoms. The largest absolute Gasteiger partial charge is 0.425 e. The van der Waals surface area contributed by atoms with E-state index in [9.17, 15) is 26.3 Å². The number of hydrogen-bond acceptors (Lipinski definition) is 2. The molecule has 2 unspecified atom stereocenters. The first kappa shape index (κ1) is 13.5. The standard InChI is InChI=1S/C6H8F6O2/c7-4(6(10,11)12)5(8,9)3(14)1-2-13/h3-4,13-14H,1-2H2. The summed E-state index contributed by atoms with van der Waals surface area (Å²) < 4.78 is 71.6. The van der Waals surface area contributed by atoms with Gasteiger partial charge in [0.05, 0.1) is 0 Å². The highest BCUT2D eigenvalue weighted by atomic mass is 19.4. The molecule has 0 fully saturated rings. The molecular formula is C6H8F6O2. The third-order valence-corrected chi connectivity index (χ3v) is 1.47. The molecule has 0 aromatic heterocycles. The Hall–Kier alpha value is -0.500. The van der Waals surface area contributed by atoms with E-state index in [4.69, 9.17) is 10.2 Å². The third kappa shape index (κ3) is 3.02.